The zero-order chi connectivity index (χ0) is 20.9. The highest BCUT2D eigenvalue weighted by atomic mass is 16.5. The summed E-state index contributed by atoms with van der Waals surface area (Å²) in [5.74, 6) is 3.34. The molecular formula is C26H34N2O2. The highest BCUT2D eigenvalue weighted by Crippen LogP contribution is 2.61. The van der Waals surface area contributed by atoms with Crippen molar-refractivity contribution in [2.24, 2.45) is 23.2 Å². The maximum atomic E-state index is 12.7. The number of carbonyl (C=O) groups is 1. The molecule has 1 heterocycles. The van der Waals surface area contributed by atoms with Crippen molar-refractivity contribution in [1.29, 1.82) is 0 Å². The van der Waals surface area contributed by atoms with Crippen LogP contribution >= 0.6 is 0 Å². The summed E-state index contributed by atoms with van der Waals surface area (Å²) in [6, 6.07) is 6.36. The summed E-state index contributed by atoms with van der Waals surface area (Å²) in [5, 5.41) is 0. The quantitative estimate of drug-likeness (QED) is 0.597. The second-order valence-electron chi connectivity index (χ2n) is 10.4. The zero-order valence-corrected chi connectivity index (χ0v) is 18.6. The monoisotopic (exact) mass is 406 g/mol. The molecule has 4 saturated carbocycles. The summed E-state index contributed by atoms with van der Waals surface area (Å²) in [6.45, 7) is 6.42. The number of imidazole rings is 1. The van der Waals surface area contributed by atoms with Crippen LogP contribution in [0.4, 0.5) is 0 Å². The second-order valence-corrected chi connectivity index (χ2v) is 10.4. The molecule has 0 aliphatic heterocycles. The van der Waals surface area contributed by atoms with E-state index in [2.05, 4.69) is 37.0 Å². The van der Waals surface area contributed by atoms with Gasteiger partial charge in [0.05, 0.1) is 6.61 Å². The maximum absolute atomic E-state index is 12.7. The summed E-state index contributed by atoms with van der Waals surface area (Å²) in [6.07, 6.45) is 10.6. The molecular weight excluding hydrogens is 372 g/mol. The Bertz CT molecular complexity index is 923. The smallest absolute Gasteiger partial charge is 0.358 e. The van der Waals surface area contributed by atoms with Gasteiger partial charge in [0, 0.05) is 11.3 Å². The molecule has 0 saturated heterocycles. The number of nitrogens with one attached hydrogen (secondary N) is 1. The number of rotatable bonds is 6. The van der Waals surface area contributed by atoms with E-state index in [-0.39, 0.29) is 5.97 Å². The number of H-pyrrole nitrogens is 1. The first-order chi connectivity index (χ1) is 14.4. The van der Waals surface area contributed by atoms with Crippen LogP contribution in [-0.2, 0) is 11.2 Å². The lowest BCUT2D eigenvalue weighted by Crippen LogP contribution is -2.46. The Morgan fingerprint density at radius 3 is 2.40 bits per heavy atom. The summed E-state index contributed by atoms with van der Waals surface area (Å²) in [5.41, 5.74) is 5.40. The Morgan fingerprint density at radius 2 is 1.80 bits per heavy atom. The fourth-order valence-electron chi connectivity index (χ4n) is 7.15. The van der Waals surface area contributed by atoms with E-state index in [4.69, 9.17) is 9.72 Å². The Labute approximate surface area is 179 Å². The van der Waals surface area contributed by atoms with E-state index in [9.17, 15) is 4.79 Å². The summed E-state index contributed by atoms with van der Waals surface area (Å²) in [7, 11) is 0. The molecule has 4 nitrogen and oxygen atoms in total. The van der Waals surface area contributed by atoms with E-state index in [1.54, 1.807) is 0 Å². The van der Waals surface area contributed by atoms with Crippen molar-refractivity contribution in [2.75, 3.05) is 6.61 Å². The topological polar surface area (TPSA) is 55.0 Å². The maximum Gasteiger partial charge on any atom is 0.358 e. The van der Waals surface area contributed by atoms with Gasteiger partial charge in [-0.2, -0.15) is 0 Å². The number of nitrogens with zero attached hydrogens (tertiary/aromatic N) is 1. The van der Waals surface area contributed by atoms with Crippen molar-refractivity contribution < 1.29 is 9.53 Å². The summed E-state index contributed by atoms with van der Waals surface area (Å²) < 4.78 is 5.34. The number of hydrogen-bond donors (Lipinski definition) is 1. The van der Waals surface area contributed by atoms with Crippen LogP contribution in [0.1, 0.15) is 79.2 Å². The molecule has 1 aromatic heterocycles. The average Bonchev–Trinajstić information content (AvgIpc) is 3.10. The van der Waals surface area contributed by atoms with E-state index >= 15 is 0 Å². The molecule has 0 spiro atoms. The summed E-state index contributed by atoms with van der Waals surface area (Å²) in [4.78, 5) is 20.9. The van der Waals surface area contributed by atoms with Crippen LogP contribution in [0.25, 0.3) is 11.4 Å². The molecule has 0 amide bonds. The van der Waals surface area contributed by atoms with Crippen LogP contribution in [-0.4, -0.2) is 22.5 Å². The number of aromatic nitrogens is 2. The van der Waals surface area contributed by atoms with Crippen LogP contribution in [0.15, 0.2) is 18.2 Å². The normalized spacial score (nSPS) is 29.4. The molecule has 0 radical (unpaired) electrons. The van der Waals surface area contributed by atoms with Crippen LogP contribution in [0.3, 0.4) is 0 Å². The first kappa shape index (κ1) is 19.8. The van der Waals surface area contributed by atoms with Crippen molar-refractivity contribution in [3.05, 3.63) is 40.7 Å². The Morgan fingerprint density at radius 1 is 1.13 bits per heavy atom. The third-order valence-corrected chi connectivity index (χ3v) is 7.95. The number of hydrogen-bond acceptors (Lipinski definition) is 3. The Hall–Kier alpha value is -2.10. The molecule has 4 aliphatic carbocycles. The van der Waals surface area contributed by atoms with Gasteiger partial charge in [0.25, 0.3) is 0 Å². The lowest BCUT2D eigenvalue weighted by Gasteiger charge is -2.57. The first-order valence-electron chi connectivity index (χ1n) is 11.8. The van der Waals surface area contributed by atoms with Crippen molar-refractivity contribution in [2.45, 2.75) is 72.1 Å². The van der Waals surface area contributed by atoms with Gasteiger partial charge in [0.2, 0.25) is 0 Å². The molecule has 4 aliphatic rings. The van der Waals surface area contributed by atoms with Gasteiger partial charge < -0.3 is 9.72 Å². The van der Waals surface area contributed by atoms with E-state index < -0.39 is 0 Å². The molecule has 1 N–H and O–H groups in total. The van der Waals surface area contributed by atoms with E-state index in [0.29, 0.717) is 17.7 Å². The average molecular weight is 407 g/mol. The SMILES string of the molecule is CCOC(=O)c1nc(-c2ccc(C)cc2C)[nH]c1CCC12CC3CC(CC(C3)C1)C2. The fourth-order valence-corrected chi connectivity index (χ4v) is 7.15. The first-order valence-corrected chi connectivity index (χ1v) is 11.8. The third kappa shape index (κ3) is 3.59. The predicted molar refractivity (Wildman–Crippen MR) is 118 cm³/mol. The van der Waals surface area contributed by atoms with Gasteiger partial charge in [-0.25, -0.2) is 9.78 Å². The van der Waals surface area contributed by atoms with Gasteiger partial charge in [0.15, 0.2) is 5.69 Å². The molecule has 4 fully saturated rings. The highest BCUT2D eigenvalue weighted by molar-refractivity contribution is 5.89. The molecule has 4 bridgehead atoms. The van der Waals surface area contributed by atoms with E-state index in [1.165, 1.54) is 49.7 Å². The third-order valence-electron chi connectivity index (χ3n) is 7.95. The molecule has 6 rings (SSSR count). The number of esters is 1. The van der Waals surface area contributed by atoms with Gasteiger partial charge >= 0.3 is 5.97 Å². The van der Waals surface area contributed by atoms with Crippen molar-refractivity contribution in [1.82, 2.24) is 9.97 Å². The van der Waals surface area contributed by atoms with Crippen LogP contribution in [0.2, 0.25) is 0 Å². The minimum absolute atomic E-state index is 0.301. The zero-order valence-electron chi connectivity index (χ0n) is 18.6. The van der Waals surface area contributed by atoms with Crippen LogP contribution in [0, 0.1) is 37.0 Å². The Kier molecular flexibility index (Phi) is 4.99. The number of aromatic amines is 1. The lowest BCUT2D eigenvalue weighted by atomic mass is 9.48. The molecule has 1 aromatic carbocycles. The standard InChI is InChI=1S/C26H34N2O2/c1-4-30-25(29)23-22(27-24(28-23)21-6-5-16(2)9-17(21)3)7-8-26-13-18-10-19(14-26)12-20(11-18)15-26/h5-6,9,18-20H,4,7-8,10-15H2,1-3H3,(H,27,28). The molecule has 0 atom stereocenters. The van der Waals surface area contributed by atoms with Gasteiger partial charge in [-0.15, -0.1) is 0 Å². The summed E-state index contributed by atoms with van der Waals surface area (Å²) >= 11 is 0. The van der Waals surface area contributed by atoms with Crippen molar-refractivity contribution in [3.63, 3.8) is 0 Å². The fraction of sp³-hybridized carbons (Fsp3) is 0.615. The van der Waals surface area contributed by atoms with E-state index in [1.807, 2.05) is 6.92 Å². The van der Waals surface area contributed by atoms with Crippen molar-refractivity contribution >= 4 is 5.97 Å². The number of benzene rings is 1. The van der Waals surface area contributed by atoms with Crippen LogP contribution in [0.5, 0.6) is 0 Å². The van der Waals surface area contributed by atoms with Gasteiger partial charge in [0.1, 0.15) is 5.82 Å². The molecule has 4 heteroatoms. The van der Waals surface area contributed by atoms with Crippen molar-refractivity contribution in [3.8, 4) is 11.4 Å². The molecule has 0 unspecified atom stereocenters. The largest absolute Gasteiger partial charge is 0.461 e. The van der Waals surface area contributed by atoms with Gasteiger partial charge in [-0.1, -0.05) is 23.8 Å². The minimum Gasteiger partial charge on any atom is -0.461 e. The van der Waals surface area contributed by atoms with E-state index in [0.717, 1.165) is 47.7 Å². The highest BCUT2D eigenvalue weighted by Gasteiger charge is 2.50. The van der Waals surface area contributed by atoms with Crippen LogP contribution < -0.4 is 0 Å². The minimum atomic E-state index is -0.301. The van der Waals surface area contributed by atoms with Gasteiger partial charge in [-0.3, -0.25) is 0 Å². The number of ether oxygens (including phenoxy) is 1. The predicted octanol–water partition coefficient (Wildman–Crippen LogP) is 6.02. The molecule has 2 aromatic rings. The Balaban J connectivity index is 1.42. The molecule has 160 valence electrons. The van der Waals surface area contributed by atoms with Gasteiger partial charge in [-0.05, 0) is 101 Å². The number of aryl methyl sites for hydroxylation is 3. The lowest BCUT2D eigenvalue weighted by molar-refractivity contribution is -0.0571. The second kappa shape index (κ2) is 7.55. The molecule has 30 heavy (non-hydrogen) atoms. The number of carbonyl (C=O) groups excluding carboxylic acids is 1.